The number of para-hydroxylation sites is 3. The molecule has 0 aliphatic carbocycles. The van der Waals surface area contributed by atoms with E-state index in [0.717, 1.165) is 94.7 Å². The number of aromatic nitrogens is 6. The lowest BCUT2D eigenvalue weighted by Crippen LogP contribution is -2.12. The smallest absolute Gasteiger partial charge is 0.164 e. The summed E-state index contributed by atoms with van der Waals surface area (Å²) < 4.78 is 7.61. The molecule has 0 radical (unpaired) electrons. The van der Waals surface area contributed by atoms with Gasteiger partial charge in [0, 0.05) is 49.0 Å². The molecule has 14 rings (SSSR count). The third-order valence-corrected chi connectivity index (χ3v) is 16.3. The maximum atomic E-state index is 5.67. The first-order valence-corrected chi connectivity index (χ1v) is 26.8. The van der Waals surface area contributed by atoms with E-state index in [-0.39, 0.29) is 10.8 Å². The van der Waals surface area contributed by atoms with Crippen molar-refractivity contribution >= 4 is 65.4 Å². The molecule has 0 fully saturated rings. The largest absolute Gasteiger partial charge is 0.307 e. The highest BCUT2D eigenvalue weighted by molar-refractivity contribution is 6.15. The van der Waals surface area contributed by atoms with Gasteiger partial charge in [0.2, 0.25) is 0 Å². The van der Waals surface area contributed by atoms with E-state index in [2.05, 4.69) is 254 Å². The highest BCUT2D eigenvalue weighted by atomic mass is 15.1. The van der Waals surface area contributed by atoms with Crippen molar-refractivity contribution in [3.8, 4) is 62.4 Å². The van der Waals surface area contributed by atoms with E-state index in [0.29, 0.717) is 17.5 Å². The number of nitrogens with zero attached hydrogens (tertiary/aromatic N) is 6. The minimum Gasteiger partial charge on any atom is -0.307 e. The molecule has 5 heterocycles. The summed E-state index contributed by atoms with van der Waals surface area (Å²) in [6, 6.07) is 61.9. The Morgan fingerprint density at radius 1 is 0.329 bits per heavy atom. The summed E-state index contributed by atoms with van der Waals surface area (Å²) in [5.41, 5.74) is 23.2. The van der Waals surface area contributed by atoms with Gasteiger partial charge in [-0.15, -0.1) is 0 Å². The Hall–Kier alpha value is -8.61. The Labute approximate surface area is 444 Å². The molecule has 0 N–H and O–H groups in total. The lowest BCUT2D eigenvalue weighted by atomic mass is 9.85. The zero-order valence-electron chi connectivity index (χ0n) is 45.3. The van der Waals surface area contributed by atoms with Gasteiger partial charge in [0.15, 0.2) is 17.5 Å². The van der Waals surface area contributed by atoms with Crippen LogP contribution < -0.4 is 0 Å². The molecule has 6 bridgehead atoms. The number of rotatable bonds is 3. The van der Waals surface area contributed by atoms with Crippen molar-refractivity contribution < 1.29 is 0 Å². The molecular formula is C70H60N6. The molecule has 1 aliphatic rings. The molecule has 4 aromatic heterocycles. The zero-order valence-corrected chi connectivity index (χ0v) is 45.3. The predicted molar refractivity (Wildman–Crippen MR) is 319 cm³/mol. The average Bonchev–Trinajstić information content (AvgIpc) is 4.06. The SMILES string of the molecule is Cc1cc(C)c(-c2nc3nc(n2)-c2c(C)cc(C)cc2-c2ccc4c5ccccc5n(c4c2)-c2cc-3cc(-n3c4ccccc4c4ccccc43)c2-n2c3ccc(C(C)(C)C)cc3c3cc(C(C)(C)C)ccc32)c(C)c1. The van der Waals surface area contributed by atoms with Crippen LogP contribution in [-0.2, 0) is 10.8 Å². The van der Waals surface area contributed by atoms with Gasteiger partial charge in [0.1, 0.15) is 0 Å². The normalized spacial score (nSPS) is 12.7. The molecule has 13 aromatic rings. The summed E-state index contributed by atoms with van der Waals surface area (Å²) in [4.78, 5) is 16.8. The number of benzene rings is 9. The molecule has 0 atom stereocenters. The fraction of sp³-hybridized carbons (Fsp3) is 0.186. The van der Waals surface area contributed by atoms with Crippen LogP contribution in [0.4, 0.5) is 0 Å². The third-order valence-electron chi connectivity index (χ3n) is 16.3. The maximum Gasteiger partial charge on any atom is 0.164 e. The Bertz CT molecular complexity index is 4500. The van der Waals surface area contributed by atoms with Crippen molar-refractivity contribution in [3.05, 3.63) is 203 Å². The topological polar surface area (TPSA) is 53.5 Å². The zero-order chi connectivity index (χ0) is 52.3. The summed E-state index contributed by atoms with van der Waals surface area (Å²) in [6.07, 6.45) is 0. The highest BCUT2D eigenvalue weighted by Crippen LogP contribution is 2.48. The molecule has 1 aliphatic heterocycles. The molecule has 0 spiro atoms. The molecule has 76 heavy (non-hydrogen) atoms. The number of aryl methyl sites for hydroxylation is 5. The molecule has 6 nitrogen and oxygen atoms in total. The summed E-state index contributed by atoms with van der Waals surface area (Å²) >= 11 is 0. The second-order valence-corrected chi connectivity index (χ2v) is 23.7. The van der Waals surface area contributed by atoms with Gasteiger partial charge >= 0.3 is 0 Å². The lowest BCUT2D eigenvalue weighted by molar-refractivity contribution is 0.590. The van der Waals surface area contributed by atoms with Crippen molar-refractivity contribution in [1.29, 1.82) is 0 Å². The average molecular weight is 985 g/mol. The molecule has 6 heteroatoms. The third kappa shape index (κ3) is 6.82. The Kier molecular flexibility index (Phi) is 9.79. The molecule has 0 amide bonds. The van der Waals surface area contributed by atoms with Crippen molar-refractivity contribution in [2.75, 3.05) is 0 Å². The van der Waals surface area contributed by atoms with Gasteiger partial charge in [-0.25, -0.2) is 15.0 Å². The standard InChI is InChI=1S/C70H60N6/c1-39-30-41(3)63(42(4)31-39)67-71-66-45-35-61(74-55-21-15-12-18-48(55)49-19-13-16-22-56(49)74)65(76-58-28-25-46(69(6,7)8)37-53(58)54-38-47(70(9,10)11)26-29-59(54)76)62(36-45)75-57-23-17-14-20-50(57)51-27-24-44(34-60(51)75)52-33-40(2)32-43(5)64(52)68(72-66)73-67/h12-38H,1-11H3. The van der Waals surface area contributed by atoms with Crippen LogP contribution in [0.5, 0.6) is 0 Å². The Morgan fingerprint density at radius 3 is 1.26 bits per heavy atom. The second-order valence-electron chi connectivity index (χ2n) is 23.7. The molecule has 0 saturated heterocycles. The fourth-order valence-corrected chi connectivity index (χ4v) is 12.8. The summed E-state index contributed by atoms with van der Waals surface area (Å²) in [7, 11) is 0. The van der Waals surface area contributed by atoms with Gasteiger partial charge in [-0.2, -0.15) is 0 Å². The van der Waals surface area contributed by atoms with E-state index in [4.69, 9.17) is 15.0 Å². The van der Waals surface area contributed by atoms with Crippen molar-refractivity contribution in [2.24, 2.45) is 0 Å². The molecule has 9 aromatic carbocycles. The predicted octanol–water partition coefficient (Wildman–Crippen LogP) is 18.3. The minimum absolute atomic E-state index is 0.0650. The van der Waals surface area contributed by atoms with Gasteiger partial charge in [-0.3, -0.25) is 0 Å². The van der Waals surface area contributed by atoms with E-state index in [9.17, 15) is 0 Å². The molecule has 0 unspecified atom stereocenters. The number of fused-ring (bicyclic) bond motifs is 19. The first-order chi connectivity index (χ1) is 36.5. The fourth-order valence-electron chi connectivity index (χ4n) is 12.8. The highest BCUT2D eigenvalue weighted by Gasteiger charge is 2.30. The van der Waals surface area contributed by atoms with E-state index < -0.39 is 0 Å². The Balaban J connectivity index is 1.25. The van der Waals surface area contributed by atoms with Crippen LogP contribution in [0.25, 0.3) is 128 Å². The van der Waals surface area contributed by atoms with Crippen LogP contribution in [0.2, 0.25) is 0 Å². The lowest BCUT2D eigenvalue weighted by Gasteiger charge is -2.25. The summed E-state index contributed by atoms with van der Waals surface area (Å²) in [6.45, 7) is 24.8. The minimum atomic E-state index is -0.0650. The van der Waals surface area contributed by atoms with Crippen LogP contribution in [0.3, 0.4) is 0 Å². The van der Waals surface area contributed by atoms with E-state index in [1.807, 2.05) is 0 Å². The van der Waals surface area contributed by atoms with Crippen LogP contribution in [0, 0.1) is 34.6 Å². The molecule has 370 valence electrons. The Morgan fingerprint density at radius 2 is 0.750 bits per heavy atom. The van der Waals surface area contributed by atoms with Crippen LogP contribution in [-0.4, -0.2) is 28.7 Å². The first kappa shape index (κ1) is 46.0. The van der Waals surface area contributed by atoms with Crippen LogP contribution >= 0.6 is 0 Å². The summed E-state index contributed by atoms with van der Waals surface area (Å²) in [5.74, 6) is 1.93. The summed E-state index contributed by atoms with van der Waals surface area (Å²) in [5, 5.41) is 7.21. The van der Waals surface area contributed by atoms with Crippen molar-refractivity contribution in [3.63, 3.8) is 0 Å². The van der Waals surface area contributed by atoms with Crippen LogP contribution in [0.1, 0.15) is 80.5 Å². The number of hydrogen-bond acceptors (Lipinski definition) is 3. The van der Waals surface area contributed by atoms with Gasteiger partial charge in [0.25, 0.3) is 0 Å². The van der Waals surface area contributed by atoms with Crippen LogP contribution in [0.15, 0.2) is 164 Å². The maximum absolute atomic E-state index is 5.67. The van der Waals surface area contributed by atoms with Crippen molar-refractivity contribution in [1.82, 2.24) is 28.7 Å². The number of hydrogen-bond donors (Lipinski definition) is 0. The van der Waals surface area contributed by atoms with E-state index >= 15 is 0 Å². The van der Waals surface area contributed by atoms with Crippen molar-refractivity contribution in [2.45, 2.75) is 87.0 Å². The van der Waals surface area contributed by atoms with Gasteiger partial charge in [-0.1, -0.05) is 156 Å². The first-order valence-electron chi connectivity index (χ1n) is 26.8. The molecule has 0 saturated carbocycles. The second kappa shape index (κ2) is 16.2. The molecular weight excluding hydrogens is 925 g/mol. The van der Waals surface area contributed by atoms with Gasteiger partial charge < -0.3 is 13.7 Å². The van der Waals surface area contributed by atoms with E-state index in [1.165, 1.54) is 54.6 Å². The monoisotopic (exact) mass is 984 g/mol. The van der Waals surface area contributed by atoms with Gasteiger partial charge in [-0.05, 0) is 145 Å². The van der Waals surface area contributed by atoms with Gasteiger partial charge in [0.05, 0.1) is 50.2 Å². The van der Waals surface area contributed by atoms with E-state index in [1.54, 1.807) is 0 Å². The quantitative estimate of drug-likeness (QED) is 0.177.